The standard InChI is InChI=1S/C27H29ClFN3O3/c1-35-27(34)25-13-19-18-4-2-3-5-22(18)30-26(19)24-12-16(31-9-8-17(33)14-31)11-23(32(24)25)15-6-7-20(28)21(29)10-15/h2-7,10,16-17,23-25,30,33H,8-9,11-14H2,1H3/t16-,17+,23-,24-,25-/m0/s1. The Bertz CT molecular complexity index is 1280. The number of β-amino-alcohol motifs (C(OH)–C–C–N with tert-alkyl or cyclic N) is 1. The first-order valence-electron chi connectivity index (χ1n) is 12.3. The van der Waals surface area contributed by atoms with Crippen molar-refractivity contribution in [3.63, 3.8) is 0 Å². The molecule has 2 N–H and O–H groups in total. The molecule has 3 aromatic rings. The average molecular weight is 498 g/mol. The van der Waals surface area contributed by atoms with Crippen LogP contribution in [0.1, 0.15) is 48.2 Å². The number of hydrogen-bond donors (Lipinski definition) is 2. The molecule has 2 fully saturated rings. The minimum absolute atomic E-state index is 0.0736. The summed E-state index contributed by atoms with van der Waals surface area (Å²) in [4.78, 5) is 21.4. The molecule has 35 heavy (non-hydrogen) atoms. The lowest BCUT2D eigenvalue weighted by molar-refractivity contribution is -0.152. The zero-order valence-corrected chi connectivity index (χ0v) is 20.3. The van der Waals surface area contributed by atoms with Crippen LogP contribution in [0.2, 0.25) is 5.02 Å². The van der Waals surface area contributed by atoms with Crippen LogP contribution in [0.3, 0.4) is 0 Å². The number of carbonyl (C=O) groups excluding carboxylic acids is 1. The van der Waals surface area contributed by atoms with E-state index in [1.165, 1.54) is 13.2 Å². The highest BCUT2D eigenvalue weighted by Gasteiger charge is 2.49. The number of esters is 1. The molecule has 2 saturated heterocycles. The van der Waals surface area contributed by atoms with Gasteiger partial charge in [0, 0.05) is 48.2 Å². The maximum Gasteiger partial charge on any atom is 0.323 e. The lowest BCUT2D eigenvalue weighted by Crippen LogP contribution is -2.56. The monoisotopic (exact) mass is 497 g/mol. The van der Waals surface area contributed by atoms with Crippen molar-refractivity contribution in [3.05, 3.63) is 70.1 Å². The number of hydrogen-bond acceptors (Lipinski definition) is 5. The maximum atomic E-state index is 14.6. The van der Waals surface area contributed by atoms with Gasteiger partial charge in [-0.2, -0.15) is 0 Å². The van der Waals surface area contributed by atoms with Gasteiger partial charge in [0.25, 0.3) is 0 Å². The van der Waals surface area contributed by atoms with E-state index in [-0.39, 0.29) is 35.2 Å². The summed E-state index contributed by atoms with van der Waals surface area (Å²) in [6.45, 7) is 1.47. The van der Waals surface area contributed by atoms with Crippen molar-refractivity contribution >= 4 is 28.5 Å². The number of methoxy groups -OCH3 is 1. The van der Waals surface area contributed by atoms with Gasteiger partial charge in [0.05, 0.1) is 24.3 Å². The summed E-state index contributed by atoms with van der Waals surface area (Å²) in [7, 11) is 1.43. The number of para-hydroxylation sites is 1. The summed E-state index contributed by atoms with van der Waals surface area (Å²) in [5, 5.41) is 11.4. The Balaban J connectivity index is 1.50. The van der Waals surface area contributed by atoms with Gasteiger partial charge in [-0.05, 0) is 48.6 Å². The van der Waals surface area contributed by atoms with E-state index in [0.29, 0.717) is 13.0 Å². The minimum Gasteiger partial charge on any atom is -0.468 e. The largest absolute Gasteiger partial charge is 0.468 e. The van der Waals surface area contributed by atoms with Crippen molar-refractivity contribution in [1.29, 1.82) is 0 Å². The fourth-order valence-corrected chi connectivity index (χ4v) is 6.68. The molecule has 5 atom stereocenters. The summed E-state index contributed by atoms with van der Waals surface area (Å²) in [6.07, 6.45) is 2.51. The Kier molecular flexibility index (Phi) is 5.84. The highest BCUT2D eigenvalue weighted by atomic mass is 35.5. The van der Waals surface area contributed by atoms with Gasteiger partial charge in [0.2, 0.25) is 0 Å². The Morgan fingerprint density at radius 3 is 2.74 bits per heavy atom. The van der Waals surface area contributed by atoms with E-state index in [4.69, 9.17) is 16.3 Å². The Morgan fingerprint density at radius 1 is 1.20 bits per heavy atom. The molecule has 8 heteroatoms. The van der Waals surface area contributed by atoms with E-state index in [1.54, 1.807) is 6.07 Å². The fraction of sp³-hybridized carbons (Fsp3) is 0.444. The summed E-state index contributed by atoms with van der Waals surface area (Å²) in [5.41, 5.74) is 4.13. The zero-order chi connectivity index (χ0) is 24.3. The number of aliphatic hydroxyl groups excluding tert-OH is 1. The SMILES string of the molecule is COC(=O)[C@@H]1Cc2c([nH]c3ccccc23)[C@@H]2C[C@@H](N3CC[C@@H](O)C3)C[C@@H](c3ccc(Cl)c(F)c3)N12. The number of halogens is 2. The van der Waals surface area contributed by atoms with Crippen molar-refractivity contribution in [2.24, 2.45) is 0 Å². The molecule has 0 amide bonds. The van der Waals surface area contributed by atoms with Gasteiger partial charge >= 0.3 is 5.97 Å². The van der Waals surface area contributed by atoms with Crippen LogP contribution >= 0.6 is 11.6 Å². The van der Waals surface area contributed by atoms with Gasteiger partial charge in [-0.1, -0.05) is 35.9 Å². The smallest absolute Gasteiger partial charge is 0.323 e. The van der Waals surface area contributed by atoms with Gasteiger partial charge in [-0.3, -0.25) is 14.6 Å². The van der Waals surface area contributed by atoms with Crippen LogP contribution in [-0.2, 0) is 16.0 Å². The minimum atomic E-state index is -0.481. The number of nitrogens with one attached hydrogen (secondary N) is 1. The van der Waals surface area contributed by atoms with Gasteiger partial charge < -0.3 is 14.8 Å². The second-order valence-corrected chi connectivity index (χ2v) is 10.4. The number of aliphatic hydroxyl groups is 1. The molecule has 6 rings (SSSR count). The summed E-state index contributed by atoms with van der Waals surface area (Å²) in [6, 6.07) is 12.6. The topological polar surface area (TPSA) is 68.8 Å². The van der Waals surface area contributed by atoms with E-state index >= 15 is 0 Å². The molecule has 0 bridgehead atoms. The van der Waals surface area contributed by atoms with E-state index in [1.807, 2.05) is 18.2 Å². The van der Waals surface area contributed by atoms with Crippen molar-refractivity contribution in [2.45, 2.75) is 56.0 Å². The Hall–Kier alpha value is -2.45. The number of fused-ring (bicyclic) bond motifs is 5. The number of aromatic amines is 1. The molecule has 4 heterocycles. The first kappa shape index (κ1) is 23.0. The van der Waals surface area contributed by atoms with Gasteiger partial charge in [0.1, 0.15) is 11.9 Å². The van der Waals surface area contributed by atoms with Crippen LogP contribution in [0.5, 0.6) is 0 Å². The number of nitrogens with zero attached hydrogens (tertiary/aromatic N) is 2. The molecule has 0 unspecified atom stereocenters. The Labute approximate surface area is 208 Å². The van der Waals surface area contributed by atoms with Crippen LogP contribution in [0.15, 0.2) is 42.5 Å². The summed E-state index contributed by atoms with van der Waals surface area (Å²) >= 11 is 6.02. The predicted molar refractivity (Wildman–Crippen MR) is 132 cm³/mol. The molecule has 6 nitrogen and oxygen atoms in total. The third-order valence-corrected chi connectivity index (χ3v) is 8.47. The molecule has 184 valence electrons. The molecule has 2 aromatic carbocycles. The lowest BCUT2D eigenvalue weighted by atomic mass is 9.79. The molecule has 3 aliphatic heterocycles. The van der Waals surface area contributed by atoms with E-state index in [0.717, 1.165) is 53.5 Å². The van der Waals surface area contributed by atoms with E-state index < -0.39 is 11.9 Å². The van der Waals surface area contributed by atoms with Crippen molar-refractivity contribution in [3.8, 4) is 0 Å². The number of likely N-dealkylation sites (tertiary alicyclic amines) is 1. The number of rotatable bonds is 3. The predicted octanol–water partition coefficient (Wildman–Crippen LogP) is 4.37. The van der Waals surface area contributed by atoms with Crippen LogP contribution in [0.25, 0.3) is 10.9 Å². The molecule has 0 saturated carbocycles. The Morgan fingerprint density at radius 2 is 2.00 bits per heavy atom. The molecule has 0 spiro atoms. The molecule has 0 aliphatic carbocycles. The highest BCUT2D eigenvalue weighted by molar-refractivity contribution is 6.30. The number of aromatic nitrogens is 1. The third-order valence-electron chi connectivity index (χ3n) is 8.16. The molecular formula is C27H29ClFN3O3. The summed E-state index contributed by atoms with van der Waals surface area (Å²) < 4.78 is 19.9. The van der Waals surface area contributed by atoms with E-state index in [9.17, 15) is 14.3 Å². The van der Waals surface area contributed by atoms with Crippen molar-refractivity contribution < 1.29 is 19.0 Å². The first-order chi connectivity index (χ1) is 16.9. The van der Waals surface area contributed by atoms with Crippen LogP contribution in [0.4, 0.5) is 4.39 Å². The molecule has 3 aliphatic rings. The van der Waals surface area contributed by atoms with Gasteiger partial charge in [-0.25, -0.2) is 4.39 Å². The normalized spacial score (nSPS) is 29.2. The van der Waals surface area contributed by atoms with Gasteiger partial charge in [-0.15, -0.1) is 0 Å². The summed E-state index contributed by atoms with van der Waals surface area (Å²) in [5.74, 6) is -0.738. The number of ether oxygens (including phenoxy) is 1. The van der Waals surface area contributed by atoms with Gasteiger partial charge in [0.15, 0.2) is 0 Å². The number of H-pyrrole nitrogens is 1. The number of benzene rings is 2. The van der Waals surface area contributed by atoms with Crippen LogP contribution < -0.4 is 0 Å². The average Bonchev–Trinajstić information content (AvgIpc) is 3.47. The maximum absolute atomic E-state index is 14.6. The second-order valence-electron chi connectivity index (χ2n) is 10.0. The fourth-order valence-electron chi connectivity index (χ4n) is 6.56. The second kappa shape index (κ2) is 8.89. The van der Waals surface area contributed by atoms with Crippen molar-refractivity contribution in [1.82, 2.24) is 14.8 Å². The molecule has 1 aromatic heterocycles. The van der Waals surface area contributed by atoms with Crippen LogP contribution in [-0.4, -0.2) is 64.2 Å². The van der Waals surface area contributed by atoms with E-state index in [2.05, 4.69) is 26.9 Å². The highest BCUT2D eigenvalue weighted by Crippen LogP contribution is 2.50. The van der Waals surface area contributed by atoms with Crippen LogP contribution in [0, 0.1) is 5.82 Å². The zero-order valence-electron chi connectivity index (χ0n) is 19.6. The quantitative estimate of drug-likeness (QED) is 0.526. The number of piperidine rings is 1. The first-order valence-corrected chi connectivity index (χ1v) is 12.6. The molecular weight excluding hydrogens is 469 g/mol. The number of carbonyl (C=O) groups is 1. The molecule has 0 radical (unpaired) electrons. The van der Waals surface area contributed by atoms with Crippen molar-refractivity contribution in [2.75, 3.05) is 20.2 Å². The third kappa shape index (κ3) is 3.85. The lowest BCUT2D eigenvalue weighted by Gasteiger charge is -2.52.